The zero-order chi connectivity index (χ0) is 14.2. The summed E-state index contributed by atoms with van der Waals surface area (Å²) in [6.45, 7) is 8.49. The number of aryl methyl sites for hydroxylation is 1. The minimum absolute atomic E-state index is 0. The van der Waals surface area contributed by atoms with Crippen LogP contribution < -0.4 is 5.73 Å². The topological polar surface area (TPSA) is 42.1 Å². The van der Waals surface area contributed by atoms with Crippen LogP contribution in [0.25, 0.3) is 10.9 Å². The van der Waals surface area contributed by atoms with Gasteiger partial charge in [0, 0.05) is 24.7 Å². The summed E-state index contributed by atoms with van der Waals surface area (Å²) in [6, 6.07) is 8.70. The number of benzene rings is 1. The zero-order valence-corrected chi connectivity index (χ0v) is 13.6. The van der Waals surface area contributed by atoms with Crippen molar-refractivity contribution in [3.05, 3.63) is 41.6 Å². The molecule has 0 aliphatic carbocycles. The number of nitrogens with two attached hydrogens (primary N) is 1. The van der Waals surface area contributed by atoms with Gasteiger partial charge in [0.05, 0.1) is 5.52 Å². The van der Waals surface area contributed by atoms with Crippen LogP contribution in [0.3, 0.4) is 0 Å². The maximum Gasteiger partial charge on any atom is 0.0731 e. The van der Waals surface area contributed by atoms with Crippen LogP contribution in [-0.2, 0) is 6.54 Å². The molecule has 3 nitrogen and oxygen atoms in total. The fourth-order valence-corrected chi connectivity index (χ4v) is 3.23. The monoisotopic (exact) mass is 305 g/mol. The van der Waals surface area contributed by atoms with Crippen molar-refractivity contribution in [1.29, 1.82) is 0 Å². The Labute approximate surface area is 132 Å². The van der Waals surface area contributed by atoms with Crippen molar-refractivity contribution in [3.63, 3.8) is 0 Å². The molecule has 1 aliphatic rings. The Morgan fingerprint density at radius 3 is 2.90 bits per heavy atom. The number of rotatable bonds is 3. The van der Waals surface area contributed by atoms with Gasteiger partial charge in [-0.15, -0.1) is 12.4 Å². The highest BCUT2D eigenvalue weighted by Crippen LogP contribution is 2.30. The van der Waals surface area contributed by atoms with Crippen molar-refractivity contribution in [3.8, 4) is 0 Å². The number of halogens is 1. The van der Waals surface area contributed by atoms with Crippen molar-refractivity contribution < 1.29 is 0 Å². The molecule has 2 N–H and O–H groups in total. The number of fused-ring (bicyclic) bond motifs is 1. The second-order valence-corrected chi connectivity index (χ2v) is 6.46. The smallest absolute Gasteiger partial charge is 0.0731 e. The van der Waals surface area contributed by atoms with Gasteiger partial charge in [-0.2, -0.15) is 0 Å². The third kappa shape index (κ3) is 3.37. The van der Waals surface area contributed by atoms with E-state index in [0.717, 1.165) is 31.7 Å². The predicted octanol–water partition coefficient (Wildman–Crippen LogP) is 3.14. The molecular weight excluding hydrogens is 282 g/mol. The van der Waals surface area contributed by atoms with Gasteiger partial charge in [-0.25, -0.2) is 0 Å². The van der Waals surface area contributed by atoms with Crippen molar-refractivity contribution in [2.75, 3.05) is 19.6 Å². The Balaban J connectivity index is 0.00000161. The summed E-state index contributed by atoms with van der Waals surface area (Å²) in [5.41, 5.74) is 9.94. The van der Waals surface area contributed by atoms with Crippen molar-refractivity contribution in [1.82, 2.24) is 9.88 Å². The Hall–Kier alpha value is -1.16. The second-order valence-electron chi connectivity index (χ2n) is 6.46. The molecule has 0 bridgehead atoms. The number of nitrogens with zero attached hydrogens (tertiary/aromatic N) is 2. The SMILES string of the molecule is Cc1cc(CN2CCC(C)(CN)C2)cc2cccnc12.Cl. The number of aromatic nitrogens is 1. The Bertz CT molecular complexity index is 628. The van der Waals surface area contributed by atoms with Crippen LogP contribution in [0, 0.1) is 12.3 Å². The van der Waals surface area contributed by atoms with Gasteiger partial charge in [-0.1, -0.05) is 19.1 Å². The van der Waals surface area contributed by atoms with Crippen molar-refractivity contribution in [2.45, 2.75) is 26.8 Å². The van der Waals surface area contributed by atoms with E-state index in [1.54, 1.807) is 0 Å². The quantitative estimate of drug-likeness (QED) is 0.947. The first-order valence-electron chi connectivity index (χ1n) is 7.36. The molecule has 0 saturated carbocycles. The van der Waals surface area contributed by atoms with Gasteiger partial charge >= 0.3 is 0 Å². The summed E-state index contributed by atoms with van der Waals surface area (Å²) in [7, 11) is 0. The summed E-state index contributed by atoms with van der Waals surface area (Å²) in [6.07, 6.45) is 3.07. The van der Waals surface area contributed by atoms with E-state index >= 15 is 0 Å². The fraction of sp³-hybridized carbons (Fsp3) is 0.471. The van der Waals surface area contributed by atoms with Gasteiger partial charge in [0.2, 0.25) is 0 Å². The van der Waals surface area contributed by atoms with Crippen molar-refractivity contribution in [2.24, 2.45) is 11.1 Å². The van der Waals surface area contributed by atoms with E-state index < -0.39 is 0 Å². The maximum atomic E-state index is 5.89. The second kappa shape index (κ2) is 6.30. The summed E-state index contributed by atoms with van der Waals surface area (Å²) < 4.78 is 0. The van der Waals surface area contributed by atoms with E-state index in [1.807, 2.05) is 12.3 Å². The molecule has 1 aromatic heterocycles. The lowest BCUT2D eigenvalue weighted by atomic mass is 9.90. The molecule has 1 aliphatic heterocycles. The molecule has 3 rings (SSSR count). The lowest BCUT2D eigenvalue weighted by Crippen LogP contribution is -2.31. The average Bonchev–Trinajstić information content (AvgIpc) is 2.81. The molecule has 0 spiro atoms. The van der Waals surface area contributed by atoms with Crippen LogP contribution >= 0.6 is 12.4 Å². The highest BCUT2D eigenvalue weighted by molar-refractivity contribution is 5.85. The van der Waals surface area contributed by atoms with E-state index in [4.69, 9.17) is 5.73 Å². The molecule has 21 heavy (non-hydrogen) atoms. The van der Waals surface area contributed by atoms with E-state index in [1.165, 1.54) is 22.9 Å². The van der Waals surface area contributed by atoms with Gasteiger partial charge in [-0.05, 0) is 55.1 Å². The van der Waals surface area contributed by atoms with Gasteiger partial charge in [-0.3, -0.25) is 9.88 Å². The first-order valence-corrected chi connectivity index (χ1v) is 7.36. The predicted molar refractivity (Wildman–Crippen MR) is 90.8 cm³/mol. The summed E-state index contributed by atoms with van der Waals surface area (Å²) in [5, 5.41) is 1.24. The Morgan fingerprint density at radius 1 is 1.38 bits per heavy atom. The van der Waals surface area contributed by atoms with Gasteiger partial charge in [0.1, 0.15) is 0 Å². The number of hydrogen-bond donors (Lipinski definition) is 1. The lowest BCUT2D eigenvalue weighted by molar-refractivity contribution is 0.274. The van der Waals surface area contributed by atoms with Crippen LogP contribution in [0.5, 0.6) is 0 Å². The maximum absolute atomic E-state index is 5.89. The zero-order valence-electron chi connectivity index (χ0n) is 12.8. The molecule has 1 fully saturated rings. The molecule has 0 radical (unpaired) electrons. The molecule has 1 saturated heterocycles. The molecule has 1 atom stereocenters. The number of likely N-dealkylation sites (tertiary alicyclic amines) is 1. The minimum atomic E-state index is 0. The summed E-state index contributed by atoms with van der Waals surface area (Å²) >= 11 is 0. The third-order valence-electron chi connectivity index (χ3n) is 4.49. The summed E-state index contributed by atoms with van der Waals surface area (Å²) in [5.74, 6) is 0. The largest absolute Gasteiger partial charge is 0.330 e. The highest BCUT2D eigenvalue weighted by Gasteiger charge is 2.32. The van der Waals surface area contributed by atoms with E-state index in [-0.39, 0.29) is 12.4 Å². The summed E-state index contributed by atoms with van der Waals surface area (Å²) in [4.78, 5) is 6.98. The molecule has 1 aromatic carbocycles. The van der Waals surface area contributed by atoms with Crippen LogP contribution in [0.2, 0.25) is 0 Å². The fourth-order valence-electron chi connectivity index (χ4n) is 3.23. The first kappa shape index (κ1) is 16.2. The Kier molecular flexibility index (Phi) is 4.87. The minimum Gasteiger partial charge on any atom is -0.330 e. The molecular formula is C17H24ClN3. The van der Waals surface area contributed by atoms with E-state index in [2.05, 4.69) is 41.9 Å². The molecule has 2 aromatic rings. The van der Waals surface area contributed by atoms with Gasteiger partial charge < -0.3 is 5.73 Å². The standard InChI is InChI=1S/C17H23N3.ClH/c1-13-8-14(9-15-4-3-6-19-16(13)15)10-20-7-5-17(2,11-18)12-20;/h3-4,6,8-9H,5,7,10-12,18H2,1-2H3;1H. The van der Waals surface area contributed by atoms with Crippen LogP contribution in [0.4, 0.5) is 0 Å². The van der Waals surface area contributed by atoms with E-state index in [9.17, 15) is 0 Å². The van der Waals surface area contributed by atoms with Gasteiger partial charge in [0.15, 0.2) is 0 Å². The van der Waals surface area contributed by atoms with Crippen LogP contribution in [0.1, 0.15) is 24.5 Å². The molecule has 1 unspecified atom stereocenters. The molecule has 114 valence electrons. The number of hydrogen-bond acceptors (Lipinski definition) is 3. The first-order chi connectivity index (χ1) is 9.59. The van der Waals surface area contributed by atoms with E-state index in [0.29, 0.717) is 5.41 Å². The van der Waals surface area contributed by atoms with Crippen LogP contribution in [0.15, 0.2) is 30.5 Å². The normalized spacial score (nSPS) is 22.4. The average molecular weight is 306 g/mol. The molecule has 2 heterocycles. The lowest BCUT2D eigenvalue weighted by Gasteiger charge is -2.22. The third-order valence-corrected chi connectivity index (χ3v) is 4.49. The van der Waals surface area contributed by atoms with Crippen molar-refractivity contribution >= 4 is 23.3 Å². The Morgan fingerprint density at radius 2 is 2.19 bits per heavy atom. The molecule has 4 heteroatoms. The highest BCUT2D eigenvalue weighted by atomic mass is 35.5. The number of pyridine rings is 1. The molecule has 0 amide bonds. The van der Waals surface area contributed by atoms with Crippen LogP contribution in [-0.4, -0.2) is 29.5 Å². The van der Waals surface area contributed by atoms with Gasteiger partial charge in [0.25, 0.3) is 0 Å².